The molecule has 0 aromatic carbocycles. The quantitative estimate of drug-likeness (QED) is 0.705. The van der Waals surface area contributed by atoms with Crippen LogP contribution in [-0.2, 0) is 19.1 Å². The highest BCUT2D eigenvalue weighted by molar-refractivity contribution is 6.05. The highest BCUT2D eigenvalue weighted by Gasteiger charge is 2.53. The maximum atomic E-state index is 12.5. The molecule has 0 N–H and O–H groups in total. The summed E-state index contributed by atoms with van der Waals surface area (Å²) in [6.07, 6.45) is 6.44. The molecule has 2 fully saturated rings. The first-order valence-corrected chi connectivity index (χ1v) is 6.75. The first-order valence-electron chi connectivity index (χ1n) is 6.75. The SMILES string of the molecule is CCOC(=O)C1=CC=CC2C(=O)C1C1CC2CC1=O. The predicted octanol–water partition coefficient (Wildman–Crippen LogP) is 1.46. The van der Waals surface area contributed by atoms with Crippen LogP contribution in [0.25, 0.3) is 0 Å². The monoisotopic (exact) mass is 260 g/mol. The maximum absolute atomic E-state index is 12.5. The number of hydrogen-bond acceptors (Lipinski definition) is 4. The fourth-order valence-electron chi connectivity index (χ4n) is 3.60. The van der Waals surface area contributed by atoms with E-state index in [9.17, 15) is 14.4 Å². The van der Waals surface area contributed by atoms with Gasteiger partial charge in [0.25, 0.3) is 0 Å². The number of Topliss-reactive ketones (excluding diaryl/α,β-unsaturated/α-hetero) is 2. The molecule has 3 rings (SSSR count). The molecule has 3 aliphatic rings. The van der Waals surface area contributed by atoms with Crippen LogP contribution in [0.1, 0.15) is 19.8 Å². The third-order valence-electron chi connectivity index (χ3n) is 4.42. The van der Waals surface area contributed by atoms with Crippen molar-refractivity contribution in [3.8, 4) is 0 Å². The van der Waals surface area contributed by atoms with Crippen LogP contribution in [0.15, 0.2) is 23.8 Å². The number of ether oxygens (including phenoxy) is 1. The van der Waals surface area contributed by atoms with Crippen LogP contribution in [-0.4, -0.2) is 24.1 Å². The summed E-state index contributed by atoms with van der Waals surface area (Å²) in [4.78, 5) is 36.5. The zero-order chi connectivity index (χ0) is 13.6. The van der Waals surface area contributed by atoms with Crippen LogP contribution in [0, 0.1) is 23.7 Å². The molecule has 0 heterocycles. The van der Waals surface area contributed by atoms with Crippen LogP contribution in [0.5, 0.6) is 0 Å². The third kappa shape index (κ3) is 1.78. The van der Waals surface area contributed by atoms with Gasteiger partial charge >= 0.3 is 5.97 Å². The van der Waals surface area contributed by atoms with Crippen LogP contribution in [0.3, 0.4) is 0 Å². The Labute approximate surface area is 111 Å². The molecule has 19 heavy (non-hydrogen) atoms. The van der Waals surface area contributed by atoms with E-state index in [4.69, 9.17) is 4.74 Å². The normalized spacial score (nSPS) is 35.9. The molecule has 0 amide bonds. The van der Waals surface area contributed by atoms with Crippen molar-refractivity contribution in [3.05, 3.63) is 23.8 Å². The van der Waals surface area contributed by atoms with E-state index in [0.29, 0.717) is 12.0 Å². The molecular weight excluding hydrogens is 244 g/mol. The topological polar surface area (TPSA) is 60.4 Å². The van der Waals surface area contributed by atoms with Gasteiger partial charge in [0.05, 0.1) is 12.5 Å². The van der Waals surface area contributed by atoms with Crippen LogP contribution >= 0.6 is 0 Å². The summed E-state index contributed by atoms with van der Waals surface area (Å²) >= 11 is 0. The third-order valence-corrected chi connectivity index (χ3v) is 4.42. The Bertz CT molecular complexity index is 514. The molecule has 0 aromatic heterocycles. The van der Waals surface area contributed by atoms with Gasteiger partial charge in [0, 0.05) is 23.8 Å². The van der Waals surface area contributed by atoms with Gasteiger partial charge in [0.15, 0.2) is 0 Å². The zero-order valence-electron chi connectivity index (χ0n) is 10.8. The van der Waals surface area contributed by atoms with Gasteiger partial charge in [0.1, 0.15) is 11.6 Å². The van der Waals surface area contributed by atoms with Crippen LogP contribution in [0.2, 0.25) is 0 Å². The fraction of sp³-hybridized carbons (Fsp3) is 0.533. The van der Waals surface area contributed by atoms with Crippen molar-refractivity contribution in [2.45, 2.75) is 19.8 Å². The lowest BCUT2D eigenvalue weighted by Gasteiger charge is -2.31. The Kier molecular flexibility index (Phi) is 2.88. The molecule has 4 bridgehead atoms. The summed E-state index contributed by atoms with van der Waals surface area (Å²) in [5.74, 6) is -1.32. The van der Waals surface area contributed by atoms with Crippen molar-refractivity contribution >= 4 is 17.5 Å². The van der Waals surface area contributed by atoms with E-state index in [1.54, 1.807) is 19.1 Å². The Hall–Kier alpha value is -1.71. The van der Waals surface area contributed by atoms with E-state index < -0.39 is 11.9 Å². The molecule has 4 nitrogen and oxygen atoms in total. The summed E-state index contributed by atoms with van der Waals surface area (Å²) in [5.41, 5.74) is 0.351. The highest BCUT2D eigenvalue weighted by atomic mass is 16.5. The summed E-state index contributed by atoms with van der Waals surface area (Å²) in [6, 6.07) is 0. The first-order chi connectivity index (χ1) is 9.13. The largest absolute Gasteiger partial charge is 0.463 e. The Morgan fingerprint density at radius 1 is 1.42 bits per heavy atom. The van der Waals surface area contributed by atoms with Crippen molar-refractivity contribution in [3.63, 3.8) is 0 Å². The van der Waals surface area contributed by atoms with E-state index in [1.807, 2.05) is 6.08 Å². The second-order valence-electron chi connectivity index (χ2n) is 5.41. The van der Waals surface area contributed by atoms with Gasteiger partial charge in [-0.05, 0) is 19.3 Å². The van der Waals surface area contributed by atoms with Gasteiger partial charge in [-0.15, -0.1) is 0 Å². The molecule has 0 radical (unpaired) electrons. The highest BCUT2D eigenvalue weighted by Crippen LogP contribution is 2.48. The number of hydrogen-bond donors (Lipinski definition) is 0. The summed E-state index contributed by atoms with van der Waals surface area (Å²) in [6.45, 7) is 2.00. The number of rotatable bonds is 2. The second-order valence-corrected chi connectivity index (χ2v) is 5.41. The van der Waals surface area contributed by atoms with E-state index in [0.717, 1.165) is 6.42 Å². The number of carbonyl (C=O) groups is 3. The smallest absolute Gasteiger partial charge is 0.334 e. The summed E-state index contributed by atoms with van der Waals surface area (Å²) in [5, 5.41) is 0. The summed E-state index contributed by atoms with van der Waals surface area (Å²) < 4.78 is 5.01. The minimum Gasteiger partial charge on any atom is -0.463 e. The van der Waals surface area contributed by atoms with Crippen molar-refractivity contribution < 1.29 is 19.1 Å². The molecule has 0 spiro atoms. The Balaban J connectivity index is 2.01. The molecule has 0 aromatic rings. The molecular formula is C15H16O4. The van der Waals surface area contributed by atoms with Crippen molar-refractivity contribution in [2.24, 2.45) is 23.7 Å². The number of ketones is 2. The maximum Gasteiger partial charge on any atom is 0.334 e. The molecule has 4 atom stereocenters. The minimum atomic E-state index is -0.592. The van der Waals surface area contributed by atoms with Crippen LogP contribution < -0.4 is 0 Å². The molecule has 4 unspecified atom stereocenters. The first kappa shape index (κ1) is 12.3. The van der Waals surface area contributed by atoms with Gasteiger partial charge in [-0.2, -0.15) is 0 Å². The van der Waals surface area contributed by atoms with Gasteiger partial charge in [0.2, 0.25) is 0 Å². The van der Waals surface area contributed by atoms with Crippen molar-refractivity contribution in [1.82, 2.24) is 0 Å². The average molecular weight is 260 g/mol. The van der Waals surface area contributed by atoms with Gasteiger partial charge in [-0.25, -0.2) is 4.79 Å². The number of carbonyl (C=O) groups excluding carboxylic acids is 3. The number of esters is 1. The zero-order valence-corrected chi connectivity index (χ0v) is 10.8. The predicted molar refractivity (Wildman–Crippen MR) is 67.1 cm³/mol. The Morgan fingerprint density at radius 2 is 2.21 bits per heavy atom. The van der Waals surface area contributed by atoms with Gasteiger partial charge < -0.3 is 4.74 Å². The average Bonchev–Trinajstić information content (AvgIpc) is 2.65. The second kappa shape index (κ2) is 4.44. The standard InChI is InChI=1S/C15H16O4/c1-2-19-15(18)10-5-3-4-9-8-6-11(12(16)7-8)13(10)14(9)17/h3-5,8-9,11,13H,2,6-7H2,1H3. The molecule has 4 heteroatoms. The number of fused-ring (bicyclic) bond motifs is 6. The minimum absolute atomic E-state index is 0.0140. The fourth-order valence-corrected chi connectivity index (χ4v) is 3.60. The Morgan fingerprint density at radius 3 is 2.95 bits per heavy atom. The molecule has 0 aliphatic heterocycles. The molecule has 100 valence electrons. The lowest BCUT2D eigenvalue weighted by molar-refractivity contribution is -0.142. The number of allylic oxidation sites excluding steroid dienone is 3. The molecule has 2 saturated carbocycles. The lowest BCUT2D eigenvalue weighted by Crippen LogP contribution is -2.38. The van der Waals surface area contributed by atoms with Crippen molar-refractivity contribution in [1.29, 1.82) is 0 Å². The van der Waals surface area contributed by atoms with Crippen LogP contribution in [0.4, 0.5) is 0 Å². The molecule has 0 saturated heterocycles. The molecule has 3 aliphatic carbocycles. The van der Waals surface area contributed by atoms with Gasteiger partial charge in [-0.1, -0.05) is 18.2 Å². The van der Waals surface area contributed by atoms with E-state index in [1.165, 1.54) is 0 Å². The van der Waals surface area contributed by atoms with Gasteiger partial charge in [-0.3, -0.25) is 9.59 Å². The lowest BCUT2D eigenvalue weighted by atomic mass is 9.70. The van der Waals surface area contributed by atoms with E-state index in [-0.39, 0.29) is 35.9 Å². The van der Waals surface area contributed by atoms with E-state index in [2.05, 4.69) is 0 Å². The van der Waals surface area contributed by atoms with E-state index >= 15 is 0 Å². The van der Waals surface area contributed by atoms with Crippen molar-refractivity contribution in [2.75, 3.05) is 6.61 Å². The summed E-state index contributed by atoms with van der Waals surface area (Å²) in [7, 11) is 0.